The van der Waals surface area contributed by atoms with Gasteiger partial charge in [-0.15, -0.1) is 0 Å². The molecule has 2 aromatic heterocycles. The van der Waals surface area contributed by atoms with Gasteiger partial charge in [-0.3, -0.25) is 14.3 Å². The van der Waals surface area contributed by atoms with Crippen LogP contribution in [0.25, 0.3) is 27.4 Å². The number of nitrogens with two attached hydrogens (primary N) is 1. The van der Waals surface area contributed by atoms with Crippen molar-refractivity contribution in [2.45, 2.75) is 12.7 Å². The van der Waals surface area contributed by atoms with Gasteiger partial charge in [0.25, 0.3) is 5.91 Å². The van der Waals surface area contributed by atoms with Gasteiger partial charge in [0.2, 0.25) is 0 Å². The quantitative estimate of drug-likeness (QED) is 0.448. The maximum absolute atomic E-state index is 13.7. The Morgan fingerprint density at radius 1 is 1.11 bits per heavy atom. The van der Waals surface area contributed by atoms with Gasteiger partial charge in [0.1, 0.15) is 11.2 Å². The minimum absolute atomic E-state index is 0.0351. The third-order valence-corrected chi connectivity index (χ3v) is 7.22. The first-order chi connectivity index (χ1) is 16.7. The van der Waals surface area contributed by atoms with Crippen LogP contribution in [-0.2, 0) is 12.7 Å². The van der Waals surface area contributed by atoms with Crippen LogP contribution in [0.2, 0.25) is 0 Å². The van der Waals surface area contributed by atoms with E-state index in [1.807, 2.05) is 18.2 Å². The van der Waals surface area contributed by atoms with Crippen LogP contribution < -0.4 is 5.73 Å². The first-order valence-corrected chi connectivity index (χ1v) is 11.9. The SMILES string of the molecule is CN1CCN(Cc2ccc3ncn(-c4nc(-c5ccccc5C(F)(F)F)c(C(N)=O)s4)c3c2)CC1. The molecular formula is C24H23F3N6OS. The summed E-state index contributed by atoms with van der Waals surface area (Å²) in [6.45, 7) is 4.76. The number of amides is 1. The molecule has 1 fully saturated rings. The van der Waals surface area contributed by atoms with E-state index in [4.69, 9.17) is 5.73 Å². The number of rotatable bonds is 5. The number of hydrogen-bond donors (Lipinski definition) is 1. The van der Waals surface area contributed by atoms with Crippen LogP contribution in [0.1, 0.15) is 20.8 Å². The number of carbonyl (C=O) groups is 1. The lowest BCUT2D eigenvalue weighted by atomic mass is 10.0. The van der Waals surface area contributed by atoms with Crippen LogP contribution in [0.3, 0.4) is 0 Å². The minimum atomic E-state index is -4.60. The Kier molecular flexibility index (Phi) is 6.07. The predicted octanol–water partition coefficient (Wildman–Crippen LogP) is 4.01. The van der Waals surface area contributed by atoms with E-state index in [1.54, 1.807) is 10.9 Å². The topological polar surface area (TPSA) is 80.3 Å². The standard InChI is InChI=1S/C24H23F3N6OS/c1-31-8-10-32(11-9-31)13-15-6-7-18-19(12-15)33(14-29-18)23-30-20(21(35-23)22(28)34)16-4-2-3-5-17(16)24(25,26)27/h2-7,12,14H,8-11,13H2,1H3,(H2,28,34). The normalized spacial score (nSPS) is 15.7. The number of fused-ring (bicyclic) bond motifs is 1. The second-order valence-corrected chi connectivity index (χ2v) is 9.58. The summed E-state index contributed by atoms with van der Waals surface area (Å²) in [7, 11) is 2.11. The number of benzene rings is 2. The number of carbonyl (C=O) groups excluding carboxylic acids is 1. The predicted molar refractivity (Wildman–Crippen MR) is 128 cm³/mol. The number of imidazole rings is 1. The molecule has 1 aliphatic rings. The Balaban J connectivity index is 1.55. The zero-order valence-corrected chi connectivity index (χ0v) is 19.7. The largest absolute Gasteiger partial charge is 0.417 e. The van der Waals surface area contributed by atoms with Crippen LogP contribution in [0.5, 0.6) is 0 Å². The summed E-state index contributed by atoms with van der Waals surface area (Å²) in [5, 5.41) is 0.324. The summed E-state index contributed by atoms with van der Waals surface area (Å²) in [6, 6.07) is 11.0. The smallest absolute Gasteiger partial charge is 0.365 e. The average Bonchev–Trinajstić information content (AvgIpc) is 3.44. The lowest BCUT2D eigenvalue weighted by molar-refractivity contribution is -0.137. The Morgan fingerprint density at radius 3 is 2.57 bits per heavy atom. The number of likely N-dealkylation sites (N-methyl/N-ethyl adjacent to an activating group) is 1. The molecule has 2 aromatic carbocycles. The van der Waals surface area contributed by atoms with Gasteiger partial charge in [0, 0.05) is 38.3 Å². The number of halogens is 3. The highest BCUT2D eigenvalue weighted by atomic mass is 32.1. The summed E-state index contributed by atoms with van der Waals surface area (Å²) in [5.41, 5.74) is 6.99. The van der Waals surface area contributed by atoms with E-state index in [0.717, 1.165) is 66.7 Å². The molecule has 4 aromatic rings. The number of nitrogens with zero attached hydrogens (tertiary/aromatic N) is 5. The summed E-state index contributed by atoms with van der Waals surface area (Å²) in [5.74, 6) is -0.832. The fourth-order valence-corrected chi connectivity index (χ4v) is 5.18. The van der Waals surface area contributed by atoms with Gasteiger partial charge < -0.3 is 10.6 Å². The Hall–Kier alpha value is -3.28. The molecule has 7 nitrogen and oxygen atoms in total. The number of aromatic nitrogens is 3. The molecule has 1 amide bonds. The van der Waals surface area contributed by atoms with E-state index in [9.17, 15) is 18.0 Å². The van der Waals surface area contributed by atoms with Crippen molar-refractivity contribution in [2.75, 3.05) is 33.2 Å². The monoisotopic (exact) mass is 500 g/mol. The molecule has 11 heteroatoms. The zero-order chi connectivity index (χ0) is 24.7. The van der Waals surface area contributed by atoms with Crippen molar-refractivity contribution in [3.05, 3.63) is 64.8 Å². The number of primary amides is 1. The van der Waals surface area contributed by atoms with E-state index in [2.05, 4.69) is 26.8 Å². The molecule has 0 aliphatic carbocycles. The molecule has 182 valence electrons. The highest BCUT2D eigenvalue weighted by Gasteiger charge is 2.35. The molecule has 1 aliphatic heterocycles. The lowest BCUT2D eigenvalue weighted by Crippen LogP contribution is -2.43. The van der Waals surface area contributed by atoms with Crippen LogP contribution >= 0.6 is 11.3 Å². The van der Waals surface area contributed by atoms with E-state index in [1.165, 1.54) is 18.2 Å². The molecule has 35 heavy (non-hydrogen) atoms. The maximum Gasteiger partial charge on any atom is 0.417 e. The van der Waals surface area contributed by atoms with E-state index >= 15 is 0 Å². The molecule has 3 heterocycles. The highest BCUT2D eigenvalue weighted by Crippen LogP contribution is 2.40. The average molecular weight is 501 g/mol. The van der Waals surface area contributed by atoms with E-state index in [-0.39, 0.29) is 16.1 Å². The lowest BCUT2D eigenvalue weighted by Gasteiger charge is -2.32. The van der Waals surface area contributed by atoms with Gasteiger partial charge >= 0.3 is 6.18 Å². The van der Waals surface area contributed by atoms with Gasteiger partial charge in [-0.2, -0.15) is 13.2 Å². The van der Waals surface area contributed by atoms with E-state index in [0.29, 0.717) is 5.13 Å². The summed E-state index contributed by atoms with van der Waals surface area (Å²) >= 11 is 0.950. The zero-order valence-electron chi connectivity index (χ0n) is 18.9. The van der Waals surface area contributed by atoms with E-state index < -0.39 is 17.6 Å². The van der Waals surface area contributed by atoms with Gasteiger partial charge in [0.15, 0.2) is 5.13 Å². The first kappa shape index (κ1) is 23.5. The first-order valence-electron chi connectivity index (χ1n) is 11.0. The van der Waals surface area contributed by atoms with Crippen molar-refractivity contribution in [2.24, 2.45) is 5.73 Å². The van der Waals surface area contributed by atoms with Gasteiger partial charge in [0.05, 0.1) is 22.3 Å². The molecule has 0 radical (unpaired) electrons. The van der Waals surface area contributed by atoms with Crippen molar-refractivity contribution in [1.29, 1.82) is 0 Å². The Labute approximate surface area is 203 Å². The summed E-state index contributed by atoms with van der Waals surface area (Å²) in [4.78, 5) is 25.7. The third-order valence-electron chi connectivity index (χ3n) is 6.15. The summed E-state index contributed by atoms with van der Waals surface area (Å²) < 4.78 is 42.6. The third kappa shape index (κ3) is 4.66. The van der Waals surface area contributed by atoms with Crippen LogP contribution in [0.15, 0.2) is 48.8 Å². The molecule has 0 saturated carbocycles. The second-order valence-electron chi connectivity index (χ2n) is 8.60. The van der Waals surface area contributed by atoms with Crippen molar-refractivity contribution in [1.82, 2.24) is 24.3 Å². The molecular weight excluding hydrogens is 477 g/mol. The fraction of sp³-hybridized carbons (Fsp3) is 0.292. The van der Waals surface area contributed by atoms with Crippen LogP contribution in [0.4, 0.5) is 13.2 Å². The Morgan fingerprint density at radius 2 is 1.86 bits per heavy atom. The van der Waals surface area contributed by atoms with Crippen molar-refractivity contribution >= 4 is 28.3 Å². The number of thiazole rings is 1. The maximum atomic E-state index is 13.7. The molecule has 0 spiro atoms. The van der Waals surface area contributed by atoms with Gasteiger partial charge in [-0.25, -0.2) is 9.97 Å². The summed E-state index contributed by atoms with van der Waals surface area (Å²) in [6.07, 6.45) is -3.04. The fourth-order valence-electron chi connectivity index (χ4n) is 4.27. The molecule has 0 bridgehead atoms. The van der Waals surface area contributed by atoms with Gasteiger partial charge in [-0.1, -0.05) is 35.6 Å². The number of alkyl halides is 3. The number of hydrogen-bond acceptors (Lipinski definition) is 6. The number of piperazine rings is 1. The molecule has 5 rings (SSSR count). The van der Waals surface area contributed by atoms with Crippen molar-refractivity contribution in [3.8, 4) is 16.4 Å². The molecule has 2 N–H and O–H groups in total. The highest BCUT2D eigenvalue weighted by molar-refractivity contribution is 7.16. The minimum Gasteiger partial charge on any atom is -0.365 e. The molecule has 0 atom stereocenters. The van der Waals surface area contributed by atoms with Crippen LogP contribution in [-0.4, -0.2) is 63.5 Å². The van der Waals surface area contributed by atoms with Crippen LogP contribution in [0, 0.1) is 0 Å². The molecule has 0 unspecified atom stereocenters. The van der Waals surface area contributed by atoms with Crippen molar-refractivity contribution < 1.29 is 18.0 Å². The molecule has 1 saturated heterocycles. The van der Waals surface area contributed by atoms with Crippen molar-refractivity contribution in [3.63, 3.8) is 0 Å². The van der Waals surface area contributed by atoms with Gasteiger partial charge in [-0.05, 0) is 30.8 Å². The Bertz CT molecular complexity index is 1390. The second kappa shape index (κ2) is 9.06.